The van der Waals surface area contributed by atoms with Gasteiger partial charge >= 0.3 is 0 Å². The first kappa shape index (κ1) is 8.33. The Balaban J connectivity index is 2.40. The molecular formula is C10H14O. The van der Waals surface area contributed by atoms with Gasteiger partial charge in [0.2, 0.25) is 0 Å². The van der Waals surface area contributed by atoms with E-state index in [0.717, 1.165) is 32.1 Å². The van der Waals surface area contributed by atoms with Gasteiger partial charge in [-0.05, 0) is 18.8 Å². The Morgan fingerprint density at radius 2 is 2.36 bits per heavy atom. The van der Waals surface area contributed by atoms with Gasteiger partial charge in [-0.2, -0.15) is 0 Å². The lowest BCUT2D eigenvalue weighted by atomic mass is 9.97. The van der Waals surface area contributed by atoms with Crippen LogP contribution in [0.3, 0.4) is 0 Å². The number of terminal acetylenes is 1. The Kier molecular flexibility index (Phi) is 3.16. The van der Waals surface area contributed by atoms with Crippen LogP contribution in [0.25, 0.3) is 0 Å². The summed E-state index contributed by atoms with van der Waals surface area (Å²) in [4.78, 5) is 11.1. The molecule has 1 atom stereocenters. The molecule has 0 N–H and O–H groups in total. The van der Waals surface area contributed by atoms with E-state index in [1.165, 1.54) is 6.42 Å². The molecule has 1 rings (SSSR count). The second-order valence-corrected chi connectivity index (χ2v) is 3.26. The van der Waals surface area contributed by atoms with Crippen LogP contribution in [0.2, 0.25) is 0 Å². The maximum absolute atomic E-state index is 11.1. The SMILES string of the molecule is C#CCC1CCCCC(=O)C1. The first-order chi connectivity index (χ1) is 5.33. The molecule has 1 unspecified atom stereocenters. The molecule has 1 heteroatoms. The molecule has 0 aromatic rings. The van der Waals surface area contributed by atoms with Crippen LogP contribution in [0.15, 0.2) is 0 Å². The summed E-state index contributed by atoms with van der Waals surface area (Å²) < 4.78 is 0. The second kappa shape index (κ2) is 4.18. The number of Topliss-reactive ketones (excluding diaryl/α,β-unsaturated/α-hetero) is 1. The van der Waals surface area contributed by atoms with Gasteiger partial charge in [0.25, 0.3) is 0 Å². The predicted octanol–water partition coefficient (Wildman–Crippen LogP) is 2.16. The van der Waals surface area contributed by atoms with Crippen LogP contribution in [0.5, 0.6) is 0 Å². The van der Waals surface area contributed by atoms with Crippen molar-refractivity contribution in [1.29, 1.82) is 0 Å². The lowest BCUT2D eigenvalue weighted by Gasteiger charge is -2.07. The average Bonchev–Trinajstić information content (AvgIpc) is 2.15. The van der Waals surface area contributed by atoms with Gasteiger partial charge in [-0.25, -0.2) is 0 Å². The van der Waals surface area contributed by atoms with Crippen molar-refractivity contribution in [2.24, 2.45) is 5.92 Å². The Morgan fingerprint density at radius 1 is 1.55 bits per heavy atom. The molecule has 0 amide bonds. The van der Waals surface area contributed by atoms with Crippen molar-refractivity contribution in [2.75, 3.05) is 0 Å². The van der Waals surface area contributed by atoms with Gasteiger partial charge in [0.15, 0.2) is 0 Å². The molecule has 0 bridgehead atoms. The van der Waals surface area contributed by atoms with Crippen molar-refractivity contribution in [3.05, 3.63) is 0 Å². The van der Waals surface area contributed by atoms with Gasteiger partial charge in [0, 0.05) is 19.3 Å². The largest absolute Gasteiger partial charge is 0.300 e. The number of hydrogen-bond acceptors (Lipinski definition) is 1. The Morgan fingerprint density at radius 3 is 3.09 bits per heavy atom. The van der Waals surface area contributed by atoms with Crippen molar-refractivity contribution in [2.45, 2.75) is 38.5 Å². The summed E-state index contributed by atoms with van der Waals surface area (Å²) in [5, 5.41) is 0. The molecule has 11 heavy (non-hydrogen) atoms. The Labute approximate surface area is 68.2 Å². The van der Waals surface area contributed by atoms with Gasteiger partial charge in [0.1, 0.15) is 5.78 Å². The monoisotopic (exact) mass is 150 g/mol. The highest BCUT2D eigenvalue weighted by Gasteiger charge is 2.16. The summed E-state index contributed by atoms with van der Waals surface area (Å²) in [5.41, 5.74) is 0. The van der Waals surface area contributed by atoms with Crippen LogP contribution in [0, 0.1) is 18.3 Å². The van der Waals surface area contributed by atoms with Gasteiger partial charge in [0.05, 0.1) is 0 Å². The molecule has 1 nitrogen and oxygen atoms in total. The smallest absolute Gasteiger partial charge is 0.133 e. The summed E-state index contributed by atoms with van der Waals surface area (Å²) in [5.74, 6) is 3.52. The topological polar surface area (TPSA) is 17.1 Å². The van der Waals surface area contributed by atoms with E-state index in [1.807, 2.05) is 0 Å². The predicted molar refractivity (Wildman–Crippen MR) is 45.0 cm³/mol. The minimum atomic E-state index is 0.405. The quantitative estimate of drug-likeness (QED) is 0.413. The zero-order valence-corrected chi connectivity index (χ0v) is 6.81. The Bertz CT molecular complexity index is 176. The second-order valence-electron chi connectivity index (χ2n) is 3.26. The number of carbonyl (C=O) groups is 1. The third-order valence-electron chi connectivity index (χ3n) is 2.24. The molecule has 0 aromatic carbocycles. The van der Waals surface area contributed by atoms with E-state index >= 15 is 0 Å². The van der Waals surface area contributed by atoms with Crippen LogP contribution in [-0.4, -0.2) is 5.78 Å². The molecule has 0 aromatic heterocycles. The third kappa shape index (κ3) is 2.76. The lowest BCUT2D eigenvalue weighted by molar-refractivity contribution is -0.119. The van der Waals surface area contributed by atoms with E-state index in [9.17, 15) is 4.79 Å². The molecule has 1 fully saturated rings. The highest BCUT2D eigenvalue weighted by molar-refractivity contribution is 5.78. The highest BCUT2D eigenvalue weighted by atomic mass is 16.1. The van der Waals surface area contributed by atoms with E-state index in [0.29, 0.717) is 11.7 Å². The van der Waals surface area contributed by atoms with Crippen LogP contribution in [0.4, 0.5) is 0 Å². The average molecular weight is 150 g/mol. The van der Waals surface area contributed by atoms with Crippen LogP contribution < -0.4 is 0 Å². The molecule has 1 aliphatic carbocycles. The van der Waals surface area contributed by atoms with E-state index in [4.69, 9.17) is 6.42 Å². The summed E-state index contributed by atoms with van der Waals surface area (Å²) in [6.07, 6.45) is 10.9. The van der Waals surface area contributed by atoms with Crippen molar-refractivity contribution >= 4 is 5.78 Å². The van der Waals surface area contributed by atoms with Gasteiger partial charge < -0.3 is 0 Å². The zero-order valence-electron chi connectivity index (χ0n) is 6.81. The molecule has 0 radical (unpaired) electrons. The summed E-state index contributed by atoms with van der Waals surface area (Å²) in [6, 6.07) is 0. The normalized spacial score (nSPS) is 25.7. The molecule has 1 saturated carbocycles. The summed E-state index contributed by atoms with van der Waals surface area (Å²) in [6.45, 7) is 0. The van der Waals surface area contributed by atoms with Crippen molar-refractivity contribution < 1.29 is 4.79 Å². The molecule has 0 spiro atoms. The molecule has 0 aliphatic heterocycles. The first-order valence-corrected chi connectivity index (χ1v) is 4.28. The van der Waals surface area contributed by atoms with Crippen molar-refractivity contribution in [3.8, 4) is 12.3 Å². The number of carbonyl (C=O) groups excluding carboxylic acids is 1. The lowest BCUT2D eigenvalue weighted by Crippen LogP contribution is -2.03. The Hall–Kier alpha value is -0.770. The molecular weight excluding hydrogens is 136 g/mol. The highest BCUT2D eigenvalue weighted by Crippen LogP contribution is 2.22. The van der Waals surface area contributed by atoms with E-state index in [1.54, 1.807) is 0 Å². The summed E-state index contributed by atoms with van der Waals surface area (Å²) >= 11 is 0. The van der Waals surface area contributed by atoms with Crippen LogP contribution in [-0.2, 0) is 4.79 Å². The first-order valence-electron chi connectivity index (χ1n) is 4.28. The van der Waals surface area contributed by atoms with E-state index in [2.05, 4.69) is 5.92 Å². The fraction of sp³-hybridized carbons (Fsp3) is 0.700. The standard InChI is InChI=1S/C10H14O/c1-2-5-9-6-3-4-7-10(11)8-9/h1,9H,3-8H2. The fourth-order valence-corrected chi connectivity index (χ4v) is 1.62. The van der Waals surface area contributed by atoms with E-state index < -0.39 is 0 Å². The minimum absolute atomic E-state index is 0.405. The third-order valence-corrected chi connectivity index (χ3v) is 2.24. The number of rotatable bonds is 1. The molecule has 0 saturated heterocycles. The minimum Gasteiger partial charge on any atom is -0.300 e. The molecule has 1 aliphatic rings. The van der Waals surface area contributed by atoms with Gasteiger partial charge in [-0.3, -0.25) is 4.79 Å². The van der Waals surface area contributed by atoms with Gasteiger partial charge in [-0.1, -0.05) is 6.42 Å². The van der Waals surface area contributed by atoms with Gasteiger partial charge in [-0.15, -0.1) is 12.3 Å². The number of hydrogen-bond donors (Lipinski definition) is 0. The van der Waals surface area contributed by atoms with Crippen molar-refractivity contribution in [1.82, 2.24) is 0 Å². The maximum Gasteiger partial charge on any atom is 0.133 e. The van der Waals surface area contributed by atoms with Crippen molar-refractivity contribution in [3.63, 3.8) is 0 Å². The number of ketones is 1. The summed E-state index contributed by atoms with van der Waals surface area (Å²) in [7, 11) is 0. The maximum atomic E-state index is 11.1. The van der Waals surface area contributed by atoms with Crippen LogP contribution >= 0.6 is 0 Å². The molecule has 60 valence electrons. The zero-order chi connectivity index (χ0) is 8.10. The van der Waals surface area contributed by atoms with E-state index in [-0.39, 0.29) is 0 Å². The van der Waals surface area contributed by atoms with Crippen LogP contribution in [0.1, 0.15) is 38.5 Å². The fourth-order valence-electron chi connectivity index (χ4n) is 1.62. The molecule has 0 heterocycles.